The van der Waals surface area contributed by atoms with E-state index in [4.69, 9.17) is 9.47 Å². The van der Waals surface area contributed by atoms with E-state index in [1.165, 1.54) is 32.9 Å². The number of nitrogens with one attached hydrogen (secondary N) is 1. The molecule has 0 aliphatic heterocycles. The minimum Gasteiger partial charge on any atom is -0.467 e. The molecule has 4 heteroatoms. The van der Waals surface area contributed by atoms with Gasteiger partial charge >= 0.3 is 0 Å². The van der Waals surface area contributed by atoms with Gasteiger partial charge in [-0.25, -0.2) is 0 Å². The van der Waals surface area contributed by atoms with E-state index in [0.717, 1.165) is 12.3 Å². The first-order valence-corrected chi connectivity index (χ1v) is 10.0. The van der Waals surface area contributed by atoms with Gasteiger partial charge in [-0.3, -0.25) is 0 Å². The molecule has 0 spiro atoms. The summed E-state index contributed by atoms with van der Waals surface area (Å²) in [6.45, 7) is 12.2. The van der Waals surface area contributed by atoms with Gasteiger partial charge in [-0.2, -0.15) is 0 Å². The molecule has 2 aromatic carbocycles. The largest absolute Gasteiger partial charge is 0.467 e. The van der Waals surface area contributed by atoms with Crippen LogP contribution in [0.15, 0.2) is 30.3 Å². The van der Waals surface area contributed by atoms with Gasteiger partial charge in [-0.1, -0.05) is 59.2 Å². The third-order valence-corrected chi connectivity index (χ3v) is 5.76. The average molecular weight is 373 g/mol. The zero-order valence-electron chi connectivity index (χ0n) is 17.1. The second-order valence-corrected chi connectivity index (χ2v) is 9.11. The molecule has 142 valence electrons. The van der Waals surface area contributed by atoms with Crippen LogP contribution in [-0.4, -0.2) is 21.0 Å². The number of methoxy groups -OCH3 is 1. The Bertz CT molecular complexity index is 751. The fourth-order valence-corrected chi connectivity index (χ4v) is 4.32. The molecule has 1 atom stereocenters. The molecule has 0 aliphatic carbocycles. The van der Waals surface area contributed by atoms with E-state index >= 15 is 0 Å². The molecule has 0 saturated heterocycles. The van der Waals surface area contributed by atoms with Crippen LogP contribution in [0.25, 0.3) is 0 Å². The van der Waals surface area contributed by atoms with E-state index in [1.807, 2.05) is 7.05 Å². The van der Waals surface area contributed by atoms with Gasteiger partial charge in [0.25, 0.3) is 0 Å². The van der Waals surface area contributed by atoms with E-state index in [2.05, 4.69) is 70.3 Å². The molecule has 2 rings (SSSR count). The second-order valence-electron chi connectivity index (χ2n) is 7.79. The van der Waals surface area contributed by atoms with Gasteiger partial charge in [0.05, 0.1) is 0 Å². The first kappa shape index (κ1) is 20.9. The maximum atomic E-state index is 5.95. The van der Waals surface area contributed by atoms with Crippen molar-refractivity contribution in [1.82, 2.24) is 5.32 Å². The molecular formula is C22H32NO2P. The average Bonchev–Trinajstić information content (AvgIpc) is 2.55. The van der Waals surface area contributed by atoms with Crippen LogP contribution in [0.3, 0.4) is 0 Å². The highest BCUT2D eigenvalue weighted by molar-refractivity contribution is 7.55. The van der Waals surface area contributed by atoms with Crippen molar-refractivity contribution in [2.24, 2.45) is 0 Å². The highest BCUT2D eigenvalue weighted by Crippen LogP contribution is 2.31. The number of hydrogen-bond acceptors (Lipinski definition) is 3. The molecule has 2 aromatic rings. The number of rotatable bonds is 7. The molecule has 0 aliphatic rings. The minimum atomic E-state index is 0.102. The number of ether oxygens (including phenoxy) is 2. The van der Waals surface area contributed by atoms with Crippen molar-refractivity contribution in [3.05, 3.63) is 52.6 Å². The van der Waals surface area contributed by atoms with Crippen LogP contribution < -0.4 is 20.7 Å². The highest BCUT2D eigenvalue weighted by atomic mass is 31.1. The fraction of sp³-hybridized carbons (Fsp3) is 0.455. The third-order valence-electron chi connectivity index (χ3n) is 4.36. The Balaban J connectivity index is 2.51. The molecule has 0 radical (unpaired) electrons. The van der Waals surface area contributed by atoms with E-state index < -0.39 is 0 Å². The minimum absolute atomic E-state index is 0.102. The molecular weight excluding hydrogens is 341 g/mol. The summed E-state index contributed by atoms with van der Waals surface area (Å²) in [6.07, 6.45) is 0. The zero-order chi connectivity index (χ0) is 19.3. The number of benzene rings is 2. The quantitative estimate of drug-likeness (QED) is 0.589. The van der Waals surface area contributed by atoms with Crippen LogP contribution in [0.4, 0.5) is 0 Å². The summed E-state index contributed by atoms with van der Waals surface area (Å²) in [5.41, 5.74) is 5.25. The lowest BCUT2D eigenvalue weighted by Crippen LogP contribution is -2.20. The standard InChI is InChI=1S/C22H32NO2P/c1-15-8-9-19(17(10-15)13-23-6)26-20-12-18(22(3,4)5)11-16(2)21(20)25-14-24-7/h8-12,23,26H,13-14H2,1-7H3. The summed E-state index contributed by atoms with van der Waals surface area (Å²) in [5.74, 6) is 0.953. The lowest BCUT2D eigenvalue weighted by Gasteiger charge is -2.23. The summed E-state index contributed by atoms with van der Waals surface area (Å²) < 4.78 is 11.1. The van der Waals surface area contributed by atoms with Gasteiger partial charge in [-0.05, 0) is 54.4 Å². The predicted octanol–water partition coefficient (Wildman–Crippen LogP) is 3.93. The first-order valence-electron chi connectivity index (χ1n) is 9.04. The van der Waals surface area contributed by atoms with Crippen LogP contribution in [0.5, 0.6) is 5.75 Å². The van der Waals surface area contributed by atoms with Crippen molar-refractivity contribution in [2.45, 2.75) is 46.6 Å². The Kier molecular flexibility index (Phi) is 7.23. The van der Waals surface area contributed by atoms with Crippen LogP contribution in [0, 0.1) is 13.8 Å². The van der Waals surface area contributed by atoms with Gasteiger partial charge in [0.15, 0.2) is 6.79 Å². The normalized spacial score (nSPS) is 12.1. The van der Waals surface area contributed by atoms with Gasteiger partial charge < -0.3 is 14.8 Å². The van der Waals surface area contributed by atoms with E-state index in [1.54, 1.807) is 7.11 Å². The fourth-order valence-electron chi connectivity index (χ4n) is 2.94. The van der Waals surface area contributed by atoms with Crippen molar-refractivity contribution in [3.8, 4) is 5.75 Å². The van der Waals surface area contributed by atoms with Crippen molar-refractivity contribution < 1.29 is 9.47 Å². The Morgan fingerprint density at radius 2 is 1.77 bits per heavy atom. The van der Waals surface area contributed by atoms with Crippen LogP contribution >= 0.6 is 8.58 Å². The molecule has 3 nitrogen and oxygen atoms in total. The van der Waals surface area contributed by atoms with Gasteiger partial charge in [0.2, 0.25) is 0 Å². The maximum absolute atomic E-state index is 5.95. The topological polar surface area (TPSA) is 30.5 Å². The Morgan fingerprint density at radius 3 is 2.38 bits per heavy atom. The monoisotopic (exact) mass is 373 g/mol. The molecule has 0 aromatic heterocycles. The van der Waals surface area contributed by atoms with Crippen LogP contribution in [0.1, 0.15) is 43.0 Å². The smallest absolute Gasteiger partial charge is 0.188 e. The first-order chi connectivity index (χ1) is 12.3. The molecule has 0 fully saturated rings. The van der Waals surface area contributed by atoms with Crippen molar-refractivity contribution in [2.75, 3.05) is 21.0 Å². The van der Waals surface area contributed by atoms with Gasteiger partial charge in [0, 0.05) is 19.0 Å². The maximum Gasteiger partial charge on any atom is 0.188 e. The Labute approximate surface area is 160 Å². The predicted molar refractivity (Wildman–Crippen MR) is 114 cm³/mol. The Morgan fingerprint density at radius 1 is 1.04 bits per heavy atom. The Hall–Kier alpha value is -1.41. The summed E-state index contributed by atoms with van der Waals surface area (Å²) in [6, 6.07) is 11.3. The third kappa shape index (κ3) is 5.30. The molecule has 1 N–H and O–H groups in total. The zero-order valence-corrected chi connectivity index (χ0v) is 18.1. The van der Waals surface area contributed by atoms with Crippen molar-refractivity contribution in [1.29, 1.82) is 0 Å². The number of hydrogen-bond donors (Lipinski definition) is 1. The lowest BCUT2D eigenvalue weighted by atomic mass is 9.86. The van der Waals surface area contributed by atoms with E-state index in [-0.39, 0.29) is 12.2 Å². The summed E-state index contributed by atoms with van der Waals surface area (Å²) in [4.78, 5) is 0. The van der Waals surface area contributed by atoms with Gasteiger partial charge in [-0.15, -0.1) is 0 Å². The van der Waals surface area contributed by atoms with Crippen molar-refractivity contribution in [3.63, 3.8) is 0 Å². The van der Waals surface area contributed by atoms with Crippen molar-refractivity contribution >= 4 is 19.2 Å². The summed E-state index contributed by atoms with van der Waals surface area (Å²) in [5, 5.41) is 5.89. The number of aryl methyl sites for hydroxylation is 2. The summed E-state index contributed by atoms with van der Waals surface area (Å²) >= 11 is 0. The highest BCUT2D eigenvalue weighted by Gasteiger charge is 2.19. The molecule has 0 saturated carbocycles. The lowest BCUT2D eigenvalue weighted by molar-refractivity contribution is 0.0514. The molecule has 1 unspecified atom stereocenters. The van der Waals surface area contributed by atoms with E-state index in [9.17, 15) is 0 Å². The van der Waals surface area contributed by atoms with Crippen LogP contribution in [-0.2, 0) is 16.7 Å². The molecule has 26 heavy (non-hydrogen) atoms. The van der Waals surface area contributed by atoms with Gasteiger partial charge in [0.1, 0.15) is 5.75 Å². The SMILES string of the molecule is CNCc1cc(C)ccc1Pc1cc(C(C)(C)C)cc(C)c1OCOC. The van der Waals surface area contributed by atoms with E-state index in [0.29, 0.717) is 8.58 Å². The molecule has 0 heterocycles. The second kappa shape index (κ2) is 8.99. The molecule has 0 bridgehead atoms. The summed E-state index contributed by atoms with van der Waals surface area (Å²) in [7, 11) is 4.19. The van der Waals surface area contributed by atoms with Crippen LogP contribution in [0.2, 0.25) is 0 Å². The molecule has 0 amide bonds.